The van der Waals surface area contributed by atoms with E-state index in [0.717, 1.165) is 12.2 Å². The van der Waals surface area contributed by atoms with Crippen molar-refractivity contribution in [3.8, 4) is 5.75 Å². The Balaban J connectivity index is 2.33. The molecule has 2 atom stereocenters. The van der Waals surface area contributed by atoms with Crippen LogP contribution in [0.3, 0.4) is 0 Å². The minimum absolute atomic E-state index is 0.145. The van der Waals surface area contributed by atoms with Gasteiger partial charge in [-0.05, 0) is 19.4 Å². The molecule has 0 radical (unpaired) electrons. The molecule has 0 amide bonds. The first-order valence-corrected chi connectivity index (χ1v) is 5.16. The molecule has 1 aromatic rings. The quantitative estimate of drug-likeness (QED) is 0.793. The number of hydrogen-bond donors (Lipinski definition) is 1. The SMILES string of the molecule is CCOc1ccccc1C1(C)CC1N. The summed E-state index contributed by atoms with van der Waals surface area (Å²) in [7, 11) is 0. The lowest BCUT2D eigenvalue weighted by atomic mass is 9.96. The second-order valence-corrected chi connectivity index (χ2v) is 4.16. The largest absolute Gasteiger partial charge is 0.494 e. The van der Waals surface area contributed by atoms with Crippen molar-refractivity contribution in [1.29, 1.82) is 0 Å². The molecule has 0 saturated heterocycles. The van der Waals surface area contributed by atoms with Crippen LogP contribution in [0.1, 0.15) is 25.8 Å². The molecule has 1 aliphatic carbocycles. The van der Waals surface area contributed by atoms with E-state index in [2.05, 4.69) is 13.0 Å². The van der Waals surface area contributed by atoms with Crippen LogP contribution in [-0.4, -0.2) is 12.6 Å². The van der Waals surface area contributed by atoms with Gasteiger partial charge in [0.2, 0.25) is 0 Å². The van der Waals surface area contributed by atoms with Gasteiger partial charge < -0.3 is 10.5 Å². The van der Waals surface area contributed by atoms with Crippen LogP contribution in [-0.2, 0) is 5.41 Å². The first-order chi connectivity index (χ1) is 6.68. The Kier molecular flexibility index (Phi) is 2.23. The molecular weight excluding hydrogens is 174 g/mol. The average Bonchev–Trinajstić information content (AvgIpc) is 2.77. The molecule has 76 valence electrons. The first-order valence-electron chi connectivity index (χ1n) is 5.16. The van der Waals surface area contributed by atoms with Crippen molar-refractivity contribution in [2.75, 3.05) is 6.61 Å². The highest BCUT2D eigenvalue weighted by atomic mass is 16.5. The number of ether oxygens (including phenoxy) is 1. The van der Waals surface area contributed by atoms with Gasteiger partial charge in [0.15, 0.2) is 0 Å². The lowest BCUT2D eigenvalue weighted by Crippen LogP contribution is -2.15. The predicted octanol–water partition coefficient (Wildman–Crippen LogP) is 2.07. The molecule has 0 aromatic heterocycles. The van der Waals surface area contributed by atoms with Gasteiger partial charge in [0.1, 0.15) is 5.75 Å². The van der Waals surface area contributed by atoms with Crippen molar-refractivity contribution in [3.05, 3.63) is 29.8 Å². The van der Waals surface area contributed by atoms with E-state index < -0.39 is 0 Å². The van der Waals surface area contributed by atoms with E-state index in [1.54, 1.807) is 0 Å². The van der Waals surface area contributed by atoms with Gasteiger partial charge in [0.25, 0.3) is 0 Å². The summed E-state index contributed by atoms with van der Waals surface area (Å²) in [6.07, 6.45) is 1.07. The molecule has 1 fully saturated rings. The zero-order valence-corrected chi connectivity index (χ0v) is 8.79. The Morgan fingerprint density at radius 3 is 2.71 bits per heavy atom. The summed E-state index contributed by atoms with van der Waals surface area (Å²) in [5, 5.41) is 0. The van der Waals surface area contributed by atoms with Crippen LogP contribution in [0.5, 0.6) is 5.75 Å². The van der Waals surface area contributed by atoms with Crippen molar-refractivity contribution >= 4 is 0 Å². The van der Waals surface area contributed by atoms with Gasteiger partial charge in [-0.2, -0.15) is 0 Å². The second kappa shape index (κ2) is 3.28. The van der Waals surface area contributed by atoms with Crippen molar-refractivity contribution in [1.82, 2.24) is 0 Å². The molecular formula is C12H17NO. The van der Waals surface area contributed by atoms with Gasteiger partial charge in [0.05, 0.1) is 6.61 Å². The van der Waals surface area contributed by atoms with E-state index in [-0.39, 0.29) is 5.41 Å². The molecule has 1 saturated carbocycles. The maximum absolute atomic E-state index is 5.94. The van der Waals surface area contributed by atoms with Gasteiger partial charge >= 0.3 is 0 Å². The van der Waals surface area contributed by atoms with Crippen LogP contribution < -0.4 is 10.5 Å². The van der Waals surface area contributed by atoms with Gasteiger partial charge in [0, 0.05) is 17.0 Å². The first kappa shape index (κ1) is 9.53. The number of benzene rings is 1. The third-order valence-electron chi connectivity index (χ3n) is 3.10. The molecule has 2 N–H and O–H groups in total. The lowest BCUT2D eigenvalue weighted by molar-refractivity contribution is 0.333. The van der Waals surface area contributed by atoms with Gasteiger partial charge in [-0.1, -0.05) is 25.1 Å². The third kappa shape index (κ3) is 1.40. The fourth-order valence-electron chi connectivity index (χ4n) is 1.93. The van der Waals surface area contributed by atoms with Gasteiger partial charge in [-0.25, -0.2) is 0 Å². The maximum Gasteiger partial charge on any atom is 0.123 e. The molecule has 1 aliphatic rings. The molecule has 2 unspecified atom stereocenters. The number of hydrogen-bond acceptors (Lipinski definition) is 2. The molecule has 2 rings (SSSR count). The summed E-state index contributed by atoms with van der Waals surface area (Å²) in [4.78, 5) is 0. The topological polar surface area (TPSA) is 35.2 Å². The highest BCUT2D eigenvalue weighted by Gasteiger charge is 2.50. The average molecular weight is 191 g/mol. The number of rotatable bonds is 3. The smallest absolute Gasteiger partial charge is 0.123 e. The van der Waals surface area contributed by atoms with Gasteiger partial charge in [-0.3, -0.25) is 0 Å². The molecule has 0 spiro atoms. The zero-order valence-electron chi connectivity index (χ0n) is 8.79. The minimum Gasteiger partial charge on any atom is -0.494 e. The van der Waals surface area contributed by atoms with Crippen molar-refractivity contribution in [2.24, 2.45) is 5.73 Å². The van der Waals surface area contributed by atoms with Crippen LogP contribution in [0.2, 0.25) is 0 Å². The van der Waals surface area contributed by atoms with Crippen LogP contribution >= 0.6 is 0 Å². The molecule has 14 heavy (non-hydrogen) atoms. The van der Waals surface area contributed by atoms with Crippen LogP contribution in [0.4, 0.5) is 0 Å². The van der Waals surface area contributed by atoms with E-state index in [1.807, 2.05) is 25.1 Å². The Morgan fingerprint density at radius 2 is 2.14 bits per heavy atom. The Bertz CT molecular complexity index is 337. The van der Waals surface area contributed by atoms with Crippen LogP contribution in [0, 0.1) is 0 Å². The van der Waals surface area contributed by atoms with E-state index in [9.17, 15) is 0 Å². The van der Waals surface area contributed by atoms with Crippen molar-refractivity contribution in [2.45, 2.75) is 31.7 Å². The normalized spacial score (nSPS) is 30.1. The fourth-order valence-corrected chi connectivity index (χ4v) is 1.93. The van der Waals surface area contributed by atoms with Crippen molar-refractivity contribution in [3.63, 3.8) is 0 Å². The number of para-hydroxylation sites is 1. The molecule has 0 aliphatic heterocycles. The van der Waals surface area contributed by atoms with E-state index >= 15 is 0 Å². The monoisotopic (exact) mass is 191 g/mol. The summed E-state index contributed by atoms with van der Waals surface area (Å²) in [5.74, 6) is 0.991. The van der Waals surface area contributed by atoms with E-state index in [4.69, 9.17) is 10.5 Å². The van der Waals surface area contributed by atoms with Gasteiger partial charge in [-0.15, -0.1) is 0 Å². The lowest BCUT2D eigenvalue weighted by Gasteiger charge is -2.15. The molecule has 2 nitrogen and oxygen atoms in total. The van der Waals surface area contributed by atoms with Crippen LogP contribution in [0.15, 0.2) is 24.3 Å². The summed E-state index contributed by atoms with van der Waals surface area (Å²) < 4.78 is 5.60. The van der Waals surface area contributed by atoms with Crippen molar-refractivity contribution < 1.29 is 4.74 Å². The Labute approximate surface area is 85.1 Å². The highest BCUT2D eigenvalue weighted by molar-refractivity contribution is 5.45. The molecule has 1 aromatic carbocycles. The molecule has 2 heteroatoms. The standard InChI is InChI=1S/C12H17NO/c1-3-14-10-7-5-4-6-9(10)12(2)8-11(12)13/h4-7,11H,3,8,13H2,1-2H3. The predicted molar refractivity (Wildman–Crippen MR) is 57.6 cm³/mol. The van der Waals surface area contributed by atoms with Crippen LogP contribution in [0.25, 0.3) is 0 Å². The summed E-state index contributed by atoms with van der Waals surface area (Å²) in [6, 6.07) is 8.50. The van der Waals surface area contributed by atoms with E-state index in [0.29, 0.717) is 12.6 Å². The Morgan fingerprint density at radius 1 is 1.50 bits per heavy atom. The summed E-state index contributed by atoms with van der Waals surface area (Å²) >= 11 is 0. The third-order valence-corrected chi connectivity index (χ3v) is 3.10. The zero-order chi connectivity index (χ0) is 10.2. The fraction of sp³-hybridized carbons (Fsp3) is 0.500. The molecule has 0 heterocycles. The second-order valence-electron chi connectivity index (χ2n) is 4.16. The Hall–Kier alpha value is -1.02. The summed E-state index contributed by atoms with van der Waals surface area (Å²) in [6.45, 7) is 4.92. The maximum atomic E-state index is 5.94. The highest BCUT2D eigenvalue weighted by Crippen LogP contribution is 2.49. The minimum atomic E-state index is 0.145. The molecule has 0 bridgehead atoms. The number of nitrogens with two attached hydrogens (primary N) is 1. The van der Waals surface area contributed by atoms with E-state index in [1.165, 1.54) is 5.56 Å². The summed E-state index contributed by atoms with van der Waals surface area (Å²) in [5.41, 5.74) is 7.35.